The van der Waals surface area contributed by atoms with Crippen molar-refractivity contribution in [2.75, 3.05) is 43.0 Å². The standard InChI is InChI=1S/C29H28N6/c1-33-20-22-6-2-3-7-24(22)29(25-8-4-5-9-28(25)33)35-16-14-34(15-17-35)27-11-10-21(18-23(27)19-30)26-12-13-31-32-26/h2-13,18,29H,14-17,20H2,1H3,(H,31,32). The molecule has 1 atom stereocenters. The molecule has 1 aromatic heterocycles. The molecule has 4 aromatic rings. The van der Waals surface area contributed by atoms with E-state index in [4.69, 9.17) is 0 Å². The number of H-pyrrole nitrogens is 1. The fourth-order valence-electron chi connectivity index (χ4n) is 5.62. The minimum absolute atomic E-state index is 0.229. The Morgan fingerprint density at radius 1 is 0.886 bits per heavy atom. The molecular formula is C29H28N6. The summed E-state index contributed by atoms with van der Waals surface area (Å²) >= 11 is 0. The summed E-state index contributed by atoms with van der Waals surface area (Å²) in [6.45, 7) is 4.55. The summed E-state index contributed by atoms with van der Waals surface area (Å²) in [7, 11) is 2.19. The van der Waals surface area contributed by atoms with Gasteiger partial charge in [0, 0.05) is 57.2 Å². The molecule has 6 heteroatoms. The zero-order chi connectivity index (χ0) is 23.8. The minimum Gasteiger partial charge on any atom is -0.370 e. The van der Waals surface area contributed by atoms with E-state index >= 15 is 0 Å². The van der Waals surface area contributed by atoms with Gasteiger partial charge in [0.1, 0.15) is 6.07 Å². The van der Waals surface area contributed by atoms with Gasteiger partial charge in [-0.3, -0.25) is 10.00 Å². The lowest BCUT2D eigenvalue weighted by Crippen LogP contribution is -2.48. The third-order valence-corrected chi connectivity index (χ3v) is 7.35. The molecule has 6 nitrogen and oxygen atoms in total. The smallest absolute Gasteiger partial charge is 0.101 e. The Morgan fingerprint density at radius 3 is 2.43 bits per heavy atom. The molecule has 0 aliphatic carbocycles. The molecule has 2 aliphatic rings. The number of nitrogens with zero attached hydrogens (tertiary/aromatic N) is 5. The number of nitrogens with one attached hydrogen (secondary N) is 1. The maximum atomic E-state index is 9.88. The first-order chi connectivity index (χ1) is 17.2. The molecule has 0 spiro atoms. The molecule has 1 unspecified atom stereocenters. The minimum atomic E-state index is 0.229. The zero-order valence-electron chi connectivity index (χ0n) is 19.9. The van der Waals surface area contributed by atoms with Gasteiger partial charge in [-0.2, -0.15) is 10.4 Å². The van der Waals surface area contributed by atoms with Gasteiger partial charge in [0.25, 0.3) is 0 Å². The van der Waals surface area contributed by atoms with Crippen molar-refractivity contribution in [2.45, 2.75) is 12.6 Å². The topological polar surface area (TPSA) is 62.2 Å². The first kappa shape index (κ1) is 21.5. The first-order valence-electron chi connectivity index (χ1n) is 12.1. The number of fused-ring (bicyclic) bond motifs is 2. The fraction of sp³-hybridized carbons (Fsp3) is 0.241. The van der Waals surface area contributed by atoms with Crippen molar-refractivity contribution in [3.8, 4) is 17.3 Å². The number of aromatic nitrogens is 2. The SMILES string of the molecule is CN1Cc2ccccc2C(N2CCN(c3ccc(-c4ccn[nH]4)cc3C#N)CC2)c2ccccc21. The largest absolute Gasteiger partial charge is 0.370 e. The molecule has 3 heterocycles. The summed E-state index contributed by atoms with van der Waals surface area (Å²) in [4.78, 5) is 7.33. The van der Waals surface area contributed by atoms with Crippen LogP contribution in [0.15, 0.2) is 79.0 Å². The van der Waals surface area contributed by atoms with E-state index in [-0.39, 0.29) is 6.04 Å². The number of anilines is 2. The second-order valence-electron chi connectivity index (χ2n) is 9.35. The molecule has 35 heavy (non-hydrogen) atoms. The molecule has 1 N–H and O–H groups in total. The highest BCUT2D eigenvalue weighted by Crippen LogP contribution is 2.40. The number of benzene rings is 3. The molecule has 3 aromatic carbocycles. The molecule has 174 valence electrons. The molecular weight excluding hydrogens is 432 g/mol. The molecule has 6 rings (SSSR count). The van der Waals surface area contributed by atoms with Gasteiger partial charge in [0.15, 0.2) is 0 Å². The van der Waals surface area contributed by atoms with Crippen LogP contribution in [0.2, 0.25) is 0 Å². The molecule has 2 aliphatic heterocycles. The van der Waals surface area contributed by atoms with Crippen molar-refractivity contribution < 1.29 is 0 Å². The van der Waals surface area contributed by atoms with E-state index < -0.39 is 0 Å². The lowest BCUT2D eigenvalue weighted by atomic mass is 9.93. The number of hydrogen-bond donors (Lipinski definition) is 1. The van der Waals surface area contributed by atoms with Crippen LogP contribution < -0.4 is 9.80 Å². The lowest BCUT2D eigenvalue weighted by Gasteiger charge is -2.41. The highest BCUT2D eigenvalue weighted by molar-refractivity contribution is 5.69. The van der Waals surface area contributed by atoms with Gasteiger partial charge in [-0.25, -0.2) is 0 Å². The molecule has 0 saturated carbocycles. The Bertz CT molecular complexity index is 1380. The highest BCUT2D eigenvalue weighted by Gasteiger charge is 2.32. The number of hydrogen-bond acceptors (Lipinski definition) is 5. The summed E-state index contributed by atoms with van der Waals surface area (Å²) in [5.41, 5.74) is 9.09. The number of rotatable bonds is 3. The Labute approximate surface area is 206 Å². The Morgan fingerprint density at radius 2 is 1.66 bits per heavy atom. The van der Waals surface area contributed by atoms with Crippen LogP contribution in [0.3, 0.4) is 0 Å². The zero-order valence-corrected chi connectivity index (χ0v) is 19.9. The van der Waals surface area contributed by atoms with Crippen molar-refractivity contribution in [2.24, 2.45) is 0 Å². The van der Waals surface area contributed by atoms with Crippen LogP contribution in [0.25, 0.3) is 11.3 Å². The van der Waals surface area contributed by atoms with E-state index in [2.05, 4.69) is 98.7 Å². The van der Waals surface area contributed by atoms with Crippen molar-refractivity contribution in [3.63, 3.8) is 0 Å². The normalized spacial score (nSPS) is 17.9. The van der Waals surface area contributed by atoms with E-state index in [0.29, 0.717) is 5.56 Å². The first-order valence-corrected chi connectivity index (χ1v) is 12.1. The van der Waals surface area contributed by atoms with E-state index in [1.165, 1.54) is 22.4 Å². The van der Waals surface area contributed by atoms with E-state index in [1.807, 2.05) is 12.1 Å². The molecule has 0 bridgehead atoms. The van der Waals surface area contributed by atoms with Crippen LogP contribution in [0, 0.1) is 11.3 Å². The molecule has 1 fully saturated rings. The number of aromatic amines is 1. The monoisotopic (exact) mass is 460 g/mol. The van der Waals surface area contributed by atoms with Crippen molar-refractivity contribution in [1.82, 2.24) is 15.1 Å². The van der Waals surface area contributed by atoms with Gasteiger partial charge < -0.3 is 9.80 Å². The van der Waals surface area contributed by atoms with Crippen LogP contribution in [-0.2, 0) is 6.54 Å². The average Bonchev–Trinajstić information content (AvgIpc) is 3.41. The molecule has 0 amide bonds. The van der Waals surface area contributed by atoms with Crippen LogP contribution in [-0.4, -0.2) is 48.3 Å². The number of para-hydroxylation sites is 1. The van der Waals surface area contributed by atoms with Gasteiger partial charge in [0.2, 0.25) is 0 Å². The van der Waals surface area contributed by atoms with Crippen LogP contribution in [0.1, 0.15) is 28.3 Å². The Kier molecular flexibility index (Phi) is 5.48. The summed E-state index contributed by atoms with van der Waals surface area (Å²) in [5.74, 6) is 0. The summed E-state index contributed by atoms with van der Waals surface area (Å²) in [6.07, 6.45) is 1.73. The third kappa shape index (κ3) is 3.84. The van der Waals surface area contributed by atoms with E-state index in [9.17, 15) is 5.26 Å². The van der Waals surface area contributed by atoms with Crippen molar-refractivity contribution in [3.05, 3.63) is 101 Å². The van der Waals surface area contributed by atoms with Gasteiger partial charge in [-0.1, -0.05) is 48.5 Å². The maximum Gasteiger partial charge on any atom is 0.101 e. The summed E-state index contributed by atoms with van der Waals surface area (Å²) in [6, 6.07) is 28.4. The Balaban J connectivity index is 1.29. The van der Waals surface area contributed by atoms with Crippen LogP contribution in [0.4, 0.5) is 11.4 Å². The second-order valence-corrected chi connectivity index (χ2v) is 9.35. The fourth-order valence-corrected chi connectivity index (χ4v) is 5.62. The van der Waals surface area contributed by atoms with E-state index in [1.54, 1.807) is 6.20 Å². The van der Waals surface area contributed by atoms with Gasteiger partial charge in [0.05, 0.1) is 23.0 Å². The maximum absolute atomic E-state index is 9.88. The van der Waals surface area contributed by atoms with Gasteiger partial charge >= 0.3 is 0 Å². The highest BCUT2D eigenvalue weighted by atomic mass is 15.3. The van der Waals surface area contributed by atoms with Crippen molar-refractivity contribution in [1.29, 1.82) is 5.26 Å². The average molecular weight is 461 g/mol. The molecule has 1 saturated heterocycles. The van der Waals surface area contributed by atoms with E-state index in [0.717, 1.165) is 49.7 Å². The predicted octanol–water partition coefficient (Wildman–Crippen LogP) is 4.81. The summed E-state index contributed by atoms with van der Waals surface area (Å²) < 4.78 is 0. The number of nitriles is 1. The second kappa shape index (κ2) is 8.94. The lowest BCUT2D eigenvalue weighted by molar-refractivity contribution is 0.212. The quantitative estimate of drug-likeness (QED) is 0.475. The Hall–Kier alpha value is -4.08. The summed E-state index contributed by atoms with van der Waals surface area (Å²) in [5, 5.41) is 16.9. The molecule has 0 radical (unpaired) electrons. The van der Waals surface area contributed by atoms with Crippen molar-refractivity contribution >= 4 is 11.4 Å². The predicted molar refractivity (Wildman–Crippen MR) is 139 cm³/mol. The van der Waals surface area contributed by atoms with Gasteiger partial charge in [-0.05, 0) is 41.0 Å². The third-order valence-electron chi connectivity index (χ3n) is 7.35. The number of piperazine rings is 1. The van der Waals surface area contributed by atoms with Crippen LogP contribution >= 0.6 is 0 Å². The van der Waals surface area contributed by atoms with Gasteiger partial charge in [-0.15, -0.1) is 0 Å². The van der Waals surface area contributed by atoms with Crippen LogP contribution in [0.5, 0.6) is 0 Å².